The Kier molecular flexibility index (Phi) is 8.28. The van der Waals surface area contributed by atoms with E-state index >= 15 is 0 Å². The molecule has 2 aromatic rings. The zero-order valence-electron chi connectivity index (χ0n) is 17.6. The molecule has 11 heteroatoms. The van der Waals surface area contributed by atoms with Gasteiger partial charge in [0.2, 0.25) is 26.0 Å². The first-order chi connectivity index (χ1) is 14.5. The van der Waals surface area contributed by atoms with Crippen LogP contribution in [0.5, 0.6) is 5.75 Å². The summed E-state index contributed by atoms with van der Waals surface area (Å²) in [5.41, 5.74) is 1.01. The molecule has 0 aliphatic rings. The summed E-state index contributed by atoms with van der Waals surface area (Å²) in [6, 6.07) is 12.3. The van der Waals surface area contributed by atoms with E-state index in [1.165, 1.54) is 24.3 Å². The van der Waals surface area contributed by atoms with Crippen molar-refractivity contribution in [2.45, 2.75) is 33.3 Å². The monoisotopic (exact) mass is 469 g/mol. The Morgan fingerprint density at radius 3 is 1.84 bits per heavy atom. The maximum atomic E-state index is 12.3. The number of carbonyl (C=O) groups excluding carboxylic acids is 1. The second-order valence-corrected chi connectivity index (χ2v) is 10.7. The van der Waals surface area contributed by atoms with Crippen molar-refractivity contribution in [2.24, 2.45) is 0 Å². The fourth-order valence-corrected chi connectivity index (χ4v) is 4.70. The summed E-state index contributed by atoms with van der Waals surface area (Å²) < 4.78 is 58.3. The summed E-state index contributed by atoms with van der Waals surface area (Å²) in [4.78, 5) is 12.1. The maximum Gasteiger partial charge on any atom is 0.241 e. The first-order valence-electron chi connectivity index (χ1n) is 9.65. The predicted octanol–water partition coefficient (Wildman–Crippen LogP) is 3.01. The fraction of sp³-hybridized carbons (Fsp3) is 0.350. The third kappa shape index (κ3) is 8.85. The van der Waals surface area contributed by atoms with Gasteiger partial charge in [0.05, 0.1) is 11.9 Å². The molecule has 0 spiro atoms. The van der Waals surface area contributed by atoms with Crippen LogP contribution < -0.4 is 19.5 Å². The van der Waals surface area contributed by atoms with Crippen LogP contribution in [0.25, 0.3) is 0 Å². The number of hydrogen-bond donors (Lipinski definition) is 3. The van der Waals surface area contributed by atoms with Gasteiger partial charge in [-0.05, 0) is 68.8 Å². The highest BCUT2D eigenvalue weighted by Crippen LogP contribution is 2.18. The van der Waals surface area contributed by atoms with Gasteiger partial charge in [-0.25, -0.2) is 16.8 Å². The van der Waals surface area contributed by atoms with Gasteiger partial charge in [0, 0.05) is 17.1 Å². The van der Waals surface area contributed by atoms with Gasteiger partial charge in [0.15, 0.2) is 0 Å². The minimum absolute atomic E-state index is 0.00294. The lowest BCUT2D eigenvalue weighted by Crippen LogP contribution is -2.27. The maximum absolute atomic E-state index is 12.3. The van der Waals surface area contributed by atoms with E-state index in [0.717, 1.165) is 0 Å². The van der Waals surface area contributed by atoms with Gasteiger partial charge < -0.3 is 10.1 Å². The molecule has 0 aliphatic carbocycles. The van der Waals surface area contributed by atoms with Gasteiger partial charge in [-0.2, -0.15) is 0 Å². The highest BCUT2D eigenvalue weighted by atomic mass is 32.2. The number of carbonyl (C=O) groups is 1. The zero-order valence-corrected chi connectivity index (χ0v) is 19.2. The molecule has 3 N–H and O–H groups in total. The van der Waals surface area contributed by atoms with E-state index in [9.17, 15) is 21.6 Å². The molecular weight excluding hydrogens is 442 g/mol. The molecule has 2 rings (SSSR count). The molecule has 1 amide bonds. The van der Waals surface area contributed by atoms with Gasteiger partial charge in [-0.1, -0.05) is 6.92 Å². The topological polar surface area (TPSA) is 131 Å². The van der Waals surface area contributed by atoms with Crippen molar-refractivity contribution < 1.29 is 26.4 Å². The van der Waals surface area contributed by atoms with E-state index in [2.05, 4.69) is 14.8 Å². The molecule has 0 unspecified atom stereocenters. The molecule has 9 nitrogen and oxygen atoms in total. The van der Waals surface area contributed by atoms with Crippen molar-refractivity contribution in [2.75, 3.05) is 26.3 Å². The van der Waals surface area contributed by atoms with Crippen LogP contribution in [-0.4, -0.2) is 40.4 Å². The summed E-state index contributed by atoms with van der Waals surface area (Å²) in [7, 11) is -7.34. The van der Waals surface area contributed by atoms with E-state index < -0.39 is 31.7 Å². The van der Waals surface area contributed by atoms with Crippen LogP contribution >= 0.6 is 0 Å². The van der Waals surface area contributed by atoms with Crippen LogP contribution in [0.1, 0.15) is 27.2 Å². The minimum Gasteiger partial charge on any atom is -0.491 e. The first-order valence-corrected chi connectivity index (χ1v) is 13.0. The Labute approximate surface area is 183 Å². The van der Waals surface area contributed by atoms with Crippen LogP contribution in [0.2, 0.25) is 0 Å². The van der Waals surface area contributed by atoms with E-state index in [1.807, 2.05) is 13.8 Å². The number of anilines is 3. The summed E-state index contributed by atoms with van der Waals surface area (Å²) in [6.07, 6.45) is 0.485. The predicted molar refractivity (Wildman–Crippen MR) is 122 cm³/mol. The molecule has 0 bridgehead atoms. The Hall–Kier alpha value is -2.79. The summed E-state index contributed by atoms with van der Waals surface area (Å²) in [5.74, 6) is -0.894. The van der Waals surface area contributed by atoms with Crippen molar-refractivity contribution in [3.63, 3.8) is 0 Å². The van der Waals surface area contributed by atoms with Crippen molar-refractivity contribution in [1.29, 1.82) is 0 Å². The highest BCUT2D eigenvalue weighted by molar-refractivity contribution is 7.93. The summed E-state index contributed by atoms with van der Waals surface area (Å²) in [6.45, 7) is 5.53. The van der Waals surface area contributed by atoms with Crippen LogP contribution in [0.4, 0.5) is 17.1 Å². The van der Waals surface area contributed by atoms with Gasteiger partial charge in [-0.3, -0.25) is 14.2 Å². The lowest BCUT2D eigenvalue weighted by atomic mass is 10.3. The van der Waals surface area contributed by atoms with E-state index in [-0.39, 0.29) is 11.9 Å². The smallest absolute Gasteiger partial charge is 0.241 e. The lowest BCUT2D eigenvalue weighted by molar-refractivity contribution is -0.113. The molecule has 0 saturated carbocycles. The van der Waals surface area contributed by atoms with Crippen LogP contribution in [0.3, 0.4) is 0 Å². The van der Waals surface area contributed by atoms with Crippen LogP contribution in [0, 0.1) is 0 Å². The van der Waals surface area contributed by atoms with Crippen LogP contribution in [0.15, 0.2) is 48.5 Å². The number of ether oxygens (including phenoxy) is 1. The van der Waals surface area contributed by atoms with Crippen molar-refractivity contribution in [3.05, 3.63) is 48.5 Å². The van der Waals surface area contributed by atoms with E-state index in [1.54, 1.807) is 31.2 Å². The quantitative estimate of drug-likeness (QED) is 0.464. The molecule has 0 aliphatic heterocycles. The van der Waals surface area contributed by atoms with Gasteiger partial charge in [0.25, 0.3) is 0 Å². The van der Waals surface area contributed by atoms with Crippen molar-refractivity contribution >= 4 is 43.0 Å². The largest absolute Gasteiger partial charge is 0.491 e. The number of benzene rings is 2. The van der Waals surface area contributed by atoms with Gasteiger partial charge in [0.1, 0.15) is 11.5 Å². The molecule has 0 saturated heterocycles. The minimum atomic E-state index is -3.92. The second kappa shape index (κ2) is 10.5. The fourth-order valence-electron chi connectivity index (χ4n) is 2.58. The normalized spacial score (nSPS) is 11.7. The number of nitrogens with one attached hydrogen (secondary N) is 3. The van der Waals surface area contributed by atoms with Gasteiger partial charge >= 0.3 is 0 Å². The Morgan fingerprint density at radius 2 is 1.32 bits per heavy atom. The summed E-state index contributed by atoms with van der Waals surface area (Å²) in [5, 5.41) is 2.47. The van der Waals surface area contributed by atoms with Gasteiger partial charge in [-0.15, -0.1) is 0 Å². The number of sulfonamides is 2. The second-order valence-electron chi connectivity index (χ2n) is 7.10. The number of amides is 1. The van der Waals surface area contributed by atoms with E-state index in [0.29, 0.717) is 29.2 Å². The molecule has 2 aromatic carbocycles. The average Bonchev–Trinajstić information content (AvgIpc) is 2.63. The Morgan fingerprint density at radius 1 is 0.839 bits per heavy atom. The standard InChI is InChI=1S/C20H27N3O6S2/c1-4-13-30(25,26)22-17-7-5-16(6-8-17)21-20(24)14-31(27,28)23-18-9-11-19(12-10-18)29-15(2)3/h5-12,15,22-23H,4,13-14H2,1-3H3,(H,21,24). The highest BCUT2D eigenvalue weighted by Gasteiger charge is 2.17. The Bertz CT molecular complexity index is 1080. The first kappa shape index (κ1) is 24.5. The molecule has 0 fully saturated rings. The Balaban J connectivity index is 1.92. The average molecular weight is 470 g/mol. The SMILES string of the molecule is CCCS(=O)(=O)Nc1ccc(NC(=O)CS(=O)(=O)Nc2ccc(OC(C)C)cc2)cc1. The third-order valence-electron chi connectivity index (χ3n) is 3.74. The lowest BCUT2D eigenvalue weighted by Gasteiger charge is -2.12. The third-order valence-corrected chi connectivity index (χ3v) is 6.42. The number of rotatable bonds is 11. The molecule has 0 atom stereocenters. The molecule has 170 valence electrons. The van der Waals surface area contributed by atoms with Crippen molar-refractivity contribution in [1.82, 2.24) is 0 Å². The van der Waals surface area contributed by atoms with Crippen molar-refractivity contribution in [3.8, 4) is 5.75 Å². The number of hydrogen-bond acceptors (Lipinski definition) is 6. The molecule has 0 radical (unpaired) electrons. The van der Waals surface area contributed by atoms with E-state index in [4.69, 9.17) is 4.74 Å². The molecule has 31 heavy (non-hydrogen) atoms. The molecular formula is C20H27N3O6S2. The van der Waals surface area contributed by atoms with Crippen LogP contribution in [-0.2, 0) is 24.8 Å². The molecule has 0 heterocycles. The molecule has 0 aromatic heterocycles. The summed E-state index contributed by atoms with van der Waals surface area (Å²) >= 11 is 0. The zero-order chi connectivity index (χ0) is 23.1.